The van der Waals surface area contributed by atoms with Gasteiger partial charge in [0.05, 0.1) is 13.2 Å². The molecule has 0 radical (unpaired) electrons. The van der Waals surface area contributed by atoms with Gasteiger partial charge in [-0.2, -0.15) is 0 Å². The lowest BCUT2D eigenvalue weighted by Gasteiger charge is -2.06. The third kappa shape index (κ3) is 3.01. The number of hydrogen-bond donors (Lipinski definition) is 2. The number of hydrogen-bond acceptors (Lipinski definition) is 6. The van der Waals surface area contributed by atoms with E-state index in [4.69, 9.17) is 20.3 Å². The quantitative estimate of drug-likeness (QED) is 0.591. The van der Waals surface area contributed by atoms with Gasteiger partial charge in [0.15, 0.2) is 0 Å². The summed E-state index contributed by atoms with van der Waals surface area (Å²) >= 11 is 0. The molecule has 0 aromatic carbocycles. The van der Waals surface area contributed by atoms with E-state index in [0.29, 0.717) is 24.6 Å². The largest absolute Gasteiger partial charge is 0.477 e. The summed E-state index contributed by atoms with van der Waals surface area (Å²) in [7, 11) is 0. The molecule has 0 aliphatic heterocycles. The zero-order chi connectivity index (χ0) is 12.0. The van der Waals surface area contributed by atoms with Gasteiger partial charge in [-0.25, -0.2) is 9.97 Å². The maximum absolute atomic E-state index is 7.55. The molecule has 1 heterocycles. The number of rotatable bonds is 4. The first-order chi connectivity index (χ1) is 7.69. The predicted octanol–water partition coefficient (Wildman–Crippen LogP) is 1.20. The highest BCUT2D eigenvalue weighted by atomic mass is 16.5. The number of nitrogens with one attached hydrogen (secondary N) is 2. The second-order valence-corrected chi connectivity index (χ2v) is 2.81. The predicted molar refractivity (Wildman–Crippen MR) is 58.9 cm³/mol. The summed E-state index contributed by atoms with van der Waals surface area (Å²) in [6, 6.07) is 1.50. The van der Waals surface area contributed by atoms with Crippen LogP contribution in [-0.2, 0) is 9.47 Å². The van der Waals surface area contributed by atoms with Crippen LogP contribution in [0.3, 0.4) is 0 Å². The fraction of sp³-hybridized carbons (Fsp3) is 0.400. The van der Waals surface area contributed by atoms with Crippen molar-refractivity contribution in [2.24, 2.45) is 0 Å². The molecule has 0 unspecified atom stereocenters. The summed E-state index contributed by atoms with van der Waals surface area (Å²) in [6.45, 7) is 4.39. The van der Waals surface area contributed by atoms with Gasteiger partial charge >= 0.3 is 0 Å². The van der Waals surface area contributed by atoms with Gasteiger partial charge in [-0.05, 0) is 13.8 Å². The maximum atomic E-state index is 7.55. The van der Waals surface area contributed by atoms with Crippen LogP contribution in [0.25, 0.3) is 0 Å². The summed E-state index contributed by atoms with van der Waals surface area (Å²) < 4.78 is 10.0. The number of aromatic nitrogens is 2. The Morgan fingerprint density at radius 1 is 1.06 bits per heavy atom. The lowest BCUT2D eigenvalue weighted by atomic mass is 10.3. The second-order valence-electron chi connectivity index (χ2n) is 2.81. The Balaban J connectivity index is 2.86. The molecule has 1 aromatic heterocycles. The average Bonchev–Trinajstić information content (AvgIpc) is 2.30. The first-order valence-corrected chi connectivity index (χ1v) is 4.94. The minimum Gasteiger partial charge on any atom is -0.477 e. The summed E-state index contributed by atoms with van der Waals surface area (Å²) in [6.07, 6.45) is 1.28. The Morgan fingerprint density at radius 3 is 1.88 bits per heavy atom. The average molecular weight is 222 g/mol. The lowest BCUT2D eigenvalue weighted by Crippen LogP contribution is -2.12. The lowest BCUT2D eigenvalue weighted by molar-refractivity contribution is 0.323. The third-order valence-electron chi connectivity index (χ3n) is 1.71. The molecule has 0 fully saturated rings. The van der Waals surface area contributed by atoms with Crippen LogP contribution in [-0.4, -0.2) is 35.0 Å². The van der Waals surface area contributed by atoms with Crippen molar-refractivity contribution < 1.29 is 9.47 Å². The van der Waals surface area contributed by atoms with Gasteiger partial charge in [-0.3, -0.25) is 10.8 Å². The van der Waals surface area contributed by atoms with Gasteiger partial charge in [0.2, 0.25) is 11.8 Å². The van der Waals surface area contributed by atoms with Crippen LogP contribution < -0.4 is 0 Å². The molecule has 1 aromatic rings. The molecular formula is C10H14N4O2. The Hall–Kier alpha value is -1.98. The zero-order valence-electron chi connectivity index (χ0n) is 9.28. The Labute approximate surface area is 93.7 Å². The molecule has 0 amide bonds. The van der Waals surface area contributed by atoms with Gasteiger partial charge in [-0.1, -0.05) is 0 Å². The van der Waals surface area contributed by atoms with Crippen LogP contribution in [0.5, 0.6) is 0 Å². The fourth-order valence-electron chi connectivity index (χ4n) is 1.04. The van der Waals surface area contributed by atoms with Crippen LogP contribution in [0, 0.1) is 10.8 Å². The standard InChI is InChI=1S/C10H14N4O2/c1-3-15-9(11)7-5-8(14-6-13-7)10(12)16-4-2/h5-6,11-12H,3-4H2,1-2H3. The van der Waals surface area contributed by atoms with Crippen molar-refractivity contribution in [3.8, 4) is 0 Å². The Kier molecular flexibility index (Phi) is 4.38. The molecule has 0 bridgehead atoms. The molecule has 0 saturated heterocycles. The van der Waals surface area contributed by atoms with E-state index in [1.165, 1.54) is 12.4 Å². The molecule has 0 aliphatic rings. The third-order valence-corrected chi connectivity index (χ3v) is 1.71. The highest BCUT2D eigenvalue weighted by molar-refractivity contribution is 5.94. The minimum absolute atomic E-state index is 0.0320. The van der Waals surface area contributed by atoms with Crippen molar-refractivity contribution >= 4 is 11.8 Å². The van der Waals surface area contributed by atoms with E-state index in [1.807, 2.05) is 0 Å². The van der Waals surface area contributed by atoms with Crippen molar-refractivity contribution in [3.63, 3.8) is 0 Å². The molecule has 16 heavy (non-hydrogen) atoms. The SMILES string of the molecule is CCOC(=N)c1cc(C(=N)OCC)ncn1. The first kappa shape index (κ1) is 12.1. The van der Waals surface area contributed by atoms with Gasteiger partial charge in [0, 0.05) is 6.07 Å². The second kappa shape index (κ2) is 5.79. The van der Waals surface area contributed by atoms with Crippen LogP contribution in [0.15, 0.2) is 12.4 Å². The molecule has 0 aliphatic carbocycles. The Morgan fingerprint density at radius 2 is 1.50 bits per heavy atom. The molecule has 0 spiro atoms. The number of nitrogens with zero attached hydrogens (tertiary/aromatic N) is 2. The normalized spacial score (nSPS) is 9.62. The smallest absolute Gasteiger partial charge is 0.232 e. The van der Waals surface area contributed by atoms with E-state index in [9.17, 15) is 0 Å². The van der Waals surface area contributed by atoms with E-state index >= 15 is 0 Å². The molecule has 2 N–H and O–H groups in total. The zero-order valence-corrected chi connectivity index (χ0v) is 9.28. The van der Waals surface area contributed by atoms with Gasteiger partial charge in [0.1, 0.15) is 17.7 Å². The van der Waals surface area contributed by atoms with E-state index < -0.39 is 0 Å². The maximum Gasteiger partial charge on any atom is 0.232 e. The van der Waals surface area contributed by atoms with E-state index in [-0.39, 0.29) is 11.8 Å². The van der Waals surface area contributed by atoms with Crippen LogP contribution in [0.4, 0.5) is 0 Å². The van der Waals surface area contributed by atoms with Gasteiger partial charge < -0.3 is 9.47 Å². The van der Waals surface area contributed by atoms with E-state index in [1.54, 1.807) is 13.8 Å². The summed E-state index contributed by atoms with van der Waals surface area (Å²) in [5.41, 5.74) is 0.688. The van der Waals surface area contributed by atoms with Crippen LogP contribution in [0.2, 0.25) is 0 Å². The summed E-state index contributed by atoms with van der Waals surface area (Å²) in [4.78, 5) is 7.78. The van der Waals surface area contributed by atoms with Crippen LogP contribution >= 0.6 is 0 Å². The highest BCUT2D eigenvalue weighted by Gasteiger charge is 2.09. The van der Waals surface area contributed by atoms with Crippen molar-refractivity contribution in [1.82, 2.24) is 9.97 Å². The molecule has 86 valence electrons. The van der Waals surface area contributed by atoms with E-state index in [0.717, 1.165) is 0 Å². The molecule has 6 heteroatoms. The highest BCUT2D eigenvalue weighted by Crippen LogP contribution is 2.02. The van der Waals surface area contributed by atoms with Crippen molar-refractivity contribution in [2.45, 2.75) is 13.8 Å². The Bertz CT molecular complexity index is 359. The summed E-state index contributed by atoms with van der Waals surface area (Å²) in [5.74, 6) is -0.0640. The fourth-order valence-corrected chi connectivity index (χ4v) is 1.04. The molecule has 1 rings (SSSR count). The van der Waals surface area contributed by atoms with Gasteiger partial charge in [0.25, 0.3) is 0 Å². The topological polar surface area (TPSA) is 91.9 Å². The molecule has 0 atom stereocenters. The van der Waals surface area contributed by atoms with Crippen molar-refractivity contribution in [1.29, 1.82) is 10.8 Å². The molecule has 6 nitrogen and oxygen atoms in total. The summed E-state index contributed by atoms with van der Waals surface area (Å²) in [5, 5.41) is 15.1. The number of ether oxygens (including phenoxy) is 2. The first-order valence-electron chi connectivity index (χ1n) is 4.94. The van der Waals surface area contributed by atoms with Crippen LogP contribution in [0.1, 0.15) is 25.2 Å². The molecule has 0 saturated carbocycles. The van der Waals surface area contributed by atoms with Gasteiger partial charge in [-0.15, -0.1) is 0 Å². The van der Waals surface area contributed by atoms with E-state index in [2.05, 4.69) is 9.97 Å². The van der Waals surface area contributed by atoms with Crippen molar-refractivity contribution in [2.75, 3.05) is 13.2 Å². The monoisotopic (exact) mass is 222 g/mol. The van der Waals surface area contributed by atoms with Crippen molar-refractivity contribution in [3.05, 3.63) is 23.8 Å². The molecular weight excluding hydrogens is 208 g/mol. The minimum atomic E-state index is -0.0320.